The molecular weight excluding hydrogens is 214 g/mol. The lowest BCUT2D eigenvalue weighted by atomic mass is 10.1. The highest BCUT2D eigenvalue weighted by molar-refractivity contribution is 5.66. The third-order valence-electron chi connectivity index (χ3n) is 3.14. The second-order valence-electron chi connectivity index (χ2n) is 5.04. The van der Waals surface area contributed by atoms with Crippen LogP contribution < -0.4 is 0 Å². The molecule has 0 saturated heterocycles. The van der Waals surface area contributed by atoms with Gasteiger partial charge in [0.2, 0.25) is 0 Å². The average Bonchev–Trinajstić information content (AvgIpc) is 2.26. The van der Waals surface area contributed by atoms with Crippen LogP contribution in [0.25, 0.3) is 0 Å². The van der Waals surface area contributed by atoms with Crippen LogP contribution in [0.4, 0.5) is 0 Å². The number of aliphatic carboxylic acids is 1. The lowest BCUT2D eigenvalue weighted by Crippen LogP contribution is -2.33. The molecule has 0 saturated carbocycles. The Morgan fingerprint density at radius 1 is 1.06 bits per heavy atom. The van der Waals surface area contributed by atoms with Crippen LogP contribution in [0.1, 0.15) is 65.7 Å². The maximum atomic E-state index is 10.5. The molecule has 0 aromatic carbocycles. The van der Waals surface area contributed by atoms with Crippen LogP contribution in [0, 0.1) is 0 Å². The normalized spacial score (nSPS) is 11.4. The molecule has 0 atom stereocenters. The Hall–Kier alpha value is -0.570. The van der Waals surface area contributed by atoms with Crippen molar-refractivity contribution < 1.29 is 9.90 Å². The van der Waals surface area contributed by atoms with E-state index < -0.39 is 5.97 Å². The summed E-state index contributed by atoms with van der Waals surface area (Å²) in [6.07, 6.45) is 8.02. The van der Waals surface area contributed by atoms with Gasteiger partial charge in [-0.1, -0.05) is 39.0 Å². The van der Waals surface area contributed by atoms with E-state index in [9.17, 15) is 4.79 Å². The van der Waals surface area contributed by atoms with Gasteiger partial charge in [0, 0.05) is 12.6 Å². The molecule has 0 aliphatic heterocycles. The fourth-order valence-electron chi connectivity index (χ4n) is 1.96. The van der Waals surface area contributed by atoms with Crippen LogP contribution in [0.5, 0.6) is 0 Å². The van der Waals surface area contributed by atoms with Gasteiger partial charge in [-0.2, -0.15) is 0 Å². The Labute approximate surface area is 106 Å². The van der Waals surface area contributed by atoms with Crippen molar-refractivity contribution in [1.82, 2.24) is 4.90 Å². The summed E-state index contributed by atoms with van der Waals surface area (Å²) >= 11 is 0. The van der Waals surface area contributed by atoms with Crippen molar-refractivity contribution in [3.8, 4) is 0 Å². The summed E-state index contributed by atoms with van der Waals surface area (Å²) in [5.74, 6) is -0.696. The van der Waals surface area contributed by atoms with Crippen LogP contribution in [0.15, 0.2) is 0 Å². The zero-order valence-corrected chi connectivity index (χ0v) is 11.7. The van der Waals surface area contributed by atoms with Gasteiger partial charge in [0.25, 0.3) is 0 Å². The summed E-state index contributed by atoms with van der Waals surface area (Å²) in [7, 11) is 0. The first kappa shape index (κ1) is 16.4. The number of carboxylic acids is 1. The van der Waals surface area contributed by atoms with Gasteiger partial charge in [-0.3, -0.25) is 4.79 Å². The van der Waals surface area contributed by atoms with Crippen LogP contribution in [-0.2, 0) is 4.79 Å². The van der Waals surface area contributed by atoms with Crippen LogP contribution >= 0.6 is 0 Å². The number of nitrogens with zero attached hydrogens (tertiary/aromatic N) is 1. The summed E-state index contributed by atoms with van der Waals surface area (Å²) in [5.41, 5.74) is 0. The molecule has 0 spiro atoms. The van der Waals surface area contributed by atoms with Crippen LogP contribution in [0.2, 0.25) is 0 Å². The molecule has 0 amide bonds. The van der Waals surface area contributed by atoms with E-state index >= 15 is 0 Å². The monoisotopic (exact) mass is 243 g/mol. The summed E-state index contributed by atoms with van der Waals surface area (Å²) in [6.45, 7) is 8.23. The summed E-state index contributed by atoms with van der Waals surface area (Å²) in [6, 6.07) is 0.449. The first-order valence-electron chi connectivity index (χ1n) is 7.03. The number of carbonyl (C=O) groups is 1. The third-order valence-corrected chi connectivity index (χ3v) is 3.14. The first-order chi connectivity index (χ1) is 8.07. The molecule has 0 aromatic heterocycles. The molecule has 0 aromatic rings. The minimum atomic E-state index is -0.696. The molecule has 17 heavy (non-hydrogen) atoms. The van der Waals surface area contributed by atoms with Crippen molar-refractivity contribution in [2.45, 2.75) is 71.8 Å². The molecule has 0 unspecified atom stereocenters. The first-order valence-corrected chi connectivity index (χ1v) is 7.03. The van der Waals surface area contributed by atoms with Gasteiger partial charge in [0.15, 0.2) is 0 Å². The van der Waals surface area contributed by atoms with Crippen molar-refractivity contribution in [2.24, 2.45) is 0 Å². The molecule has 0 rings (SSSR count). The molecule has 0 fully saturated rings. The number of carboxylic acid groups (broad SMARTS) is 1. The van der Waals surface area contributed by atoms with Crippen molar-refractivity contribution >= 4 is 5.97 Å². The molecule has 3 nitrogen and oxygen atoms in total. The van der Waals surface area contributed by atoms with Gasteiger partial charge in [-0.15, -0.1) is 0 Å². The van der Waals surface area contributed by atoms with E-state index in [0.717, 1.165) is 6.54 Å². The molecule has 1 N–H and O–H groups in total. The molecule has 0 bridgehead atoms. The smallest absolute Gasteiger partial charge is 0.304 e. The molecule has 0 aliphatic rings. The Balaban J connectivity index is 3.59. The highest BCUT2D eigenvalue weighted by Gasteiger charge is 2.10. The minimum Gasteiger partial charge on any atom is -0.481 e. The maximum Gasteiger partial charge on any atom is 0.304 e. The number of hydrogen-bond acceptors (Lipinski definition) is 2. The Bertz CT molecular complexity index is 193. The molecule has 0 heterocycles. The average molecular weight is 243 g/mol. The van der Waals surface area contributed by atoms with E-state index in [0.29, 0.717) is 12.6 Å². The molecule has 0 aliphatic carbocycles. The highest BCUT2D eigenvalue weighted by atomic mass is 16.4. The number of hydrogen-bond donors (Lipinski definition) is 1. The summed E-state index contributed by atoms with van der Waals surface area (Å²) < 4.78 is 0. The van der Waals surface area contributed by atoms with Gasteiger partial charge in [0.05, 0.1) is 6.42 Å². The largest absolute Gasteiger partial charge is 0.481 e. The molecule has 102 valence electrons. The molecule has 0 radical (unpaired) electrons. The number of rotatable bonds is 11. The fraction of sp³-hybridized carbons (Fsp3) is 0.929. The SMILES string of the molecule is CCCCCCCCN(CCC(=O)O)C(C)C. The second kappa shape index (κ2) is 10.6. The van der Waals surface area contributed by atoms with E-state index in [1.165, 1.54) is 38.5 Å². The van der Waals surface area contributed by atoms with Crippen molar-refractivity contribution in [1.29, 1.82) is 0 Å². The van der Waals surface area contributed by atoms with Crippen LogP contribution in [0.3, 0.4) is 0 Å². The van der Waals surface area contributed by atoms with Crippen molar-refractivity contribution in [3.05, 3.63) is 0 Å². The van der Waals surface area contributed by atoms with E-state index in [4.69, 9.17) is 5.11 Å². The zero-order valence-electron chi connectivity index (χ0n) is 11.7. The fourth-order valence-corrected chi connectivity index (χ4v) is 1.96. The molecular formula is C14H29NO2. The maximum absolute atomic E-state index is 10.5. The topological polar surface area (TPSA) is 40.5 Å². The van der Waals surface area contributed by atoms with Gasteiger partial charge in [-0.05, 0) is 26.8 Å². The van der Waals surface area contributed by atoms with E-state index in [1.807, 2.05) is 0 Å². The standard InChI is InChI=1S/C14H29NO2/c1-4-5-6-7-8-9-11-15(13(2)3)12-10-14(16)17/h13H,4-12H2,1-3H3,(H,16,17). The lowest BCUT2D eigenvalue weighted by Gasteiger charge is -2.25. The van der Waals surface area contributed by atoms with E-state index in [1.54, 1.807) is 0 Å². The van der Waals surface area contributed by atoms with Gasteiger partial charge in [-0.25, -0.2) is 0 Å². The van der Waals surface area contributed by atoms with Gasteiger partial charge < -0.3 is 10.0 Å². The van der Waals surface area contributed by atoms with Gasteiger partial charge >= 0.3 is 5.97 Å². The van der Waals surface area contributed by atoms with E-state index in [-0.39, 0.29) is 6.42 Å². The Morgan fingerprint density at radius 3 is 2.18 bits per heavy atom. The molecule has 3 heteroatoms. The third kappa shape index (κ3) is 10.3. The Kier molecular flexibility index (Phi) is 10.2. The minimum absolute atomic E-state index is 0.258. The Morgan fingerprint density at radius 2 is 1.65 bits per heavy atom. The predicted octanol–water partition coefficient (Wildman–Crippen LogP) is 3.53. The zero-order chi connectivity index (χ0) is 13.1. The quantitative estimate of drug-likeness (QED) is 0.564. The van der Waals surface area contributed by atoms with Crippen LogP contribution in [-0.4, -0.2) is 35.1 Å². The summed E-state index contributed by atoms with van der Waals surface area (Å²) in [5, 5.41) is 8.69. The predicted molar refractivity (Wildman–Crippen MR) is 72.3 cm³/mol. The number of unbranched alkanes of at least 4 members (excludes halogenated alkanes) is 5. The summed E-state index contributed by atoms with van der Waals surface area (Å²) in [4.78, 5) is 12.8. The van der Waals surface area contributed by atoms with Crippen molar-refractivity contribution in [3.63, 3.8) is 0 Å². The second-order valence-corrected chi connectivity index (χ2v) is 5.04. The highest BCUT2D eigenvalue weighted by Crippen LogP contribution is 2.08. The lowest BCUT2D eigenvalue weighted by molar-refractivity contribution is -0.137. The van der Waals surface area contributed by atoms with E-state index in [2.05, 4.69) is 25.7 Å². The van der Waals surface area contributed by atoms with Gasteiger partial charge in [0.1, 0.15) is 0 Å². The van der Waals surface area contributed by atoms with Crippen molar-refractivity contribution in [2.75, 3.05) is 13.1 Å².